The Morgan fingerprint density at radius 2 is 1.90 bits per heavy atom. The van der Waals surface area contributed by atoms with Gasteiger partial charge in [-0.05, 0) is 18.4 Å². The molecule has 0 aliphatic carbocycles. The molecule has 0 bridgehead atoms. The average molecular weight is 312 g/mol. The van der Waals surface area contributed by atoms with Gasteiger partial charge in [-0.25, -0.2) is 13.1 Å². The van der Waals surface area contributed by atoms with E-state index < -0.39 is 10.0 Å². The third-order valence-electron chi connectivity index (χ3n) is 3.74. The highest BCUT2D eigenvalue weighted by Crippen LogP contribution is 2.14. The van der Waals surface area contributed by atoms with Crippen molar-refractivity contribution in [2.24, 2.45) is 0 Å². The molecule has 0 spiro atoms. The molecule has 0 amide bonds. The van der Waals surface area contributed by atoms with E-state index in [9.17, 15) is 8.42 Å². The van der Waals surface area contributed by atoms with Crippen LogP contribution in [0.2, 0.25) is 0 Å². The fourth-order valence-electron chi connectivity index (χ4n) is 2.56. The van der Waals surface area contributed by atoms with Crippen molar-refractivity contribution in [1.82, 2.24) is 9.62 Å². The Bertz CT molecular complexity index is 511. The van der Waals surface area contributed by atoms with Gasteiger partial charge in [-0.1, -0.05) is 30.3 Å². The lowest BCUT2D eigenvalue weighted by molar-refractivity contribution is 0.199. The van der Waals surface area contributed by atoms with Crippen LogP contribution in [0.15, 0.2) is 30.3 Å². The molecular formula is C15H24N2O3S. The van der Waals surface area contributed by atoms with Crippen molar-refractivity contribution in [1.29, 1.82) is 0 Å². The predicted molar refractivity (Wildman–Crippen MR) is 83.5 cm³/mol. The summed E-state index contributed by atoms with van der Waals surface area (Å²) in [5.74, 6) is 0.0354. The number of hydrogen-bond donors (Lipinski definition) is 1. The molecule has 1 aromatic rings. The highest BCUT2D eigenvalue weighted by Gasteiger charge is 2.23. The fourth-order valence-corrected chi connectivity index (χ4v) is 3.80. The number of sulfonamides is 1. The molecule has 2 rings (SSSR count). The van der Waals surface area contributed by atoms with Crippen molar-refractivity contribution in [3.05, 3.63) is 35.9 Å². The number of hydrogen-bond acceptors (Lipinski definition) is 4. The molecule has 0 atom stereocenters. The van der Waals surface area contributed by atoms with E-state index >= 15 is 0 Å². The Hall–Kier alpha value is -0.950. The molecule has 0 radical (unpaired) electrons. The summed E-state index contributed by atoms with van der Waals surface area (Å²) >= 11 is 0. The standard InChI is InChI=1S/C15H24N2O3S/c1-20-11-12-21(18,19)16-15-7-9-17(10-8-15)13-14-5-3-2-4-6-14/h2-6,15-16H,7-13H2,1H3. The van der Waals surface area contributed by atoms with Crippen LogP contribution in [0.5, 0.6) is 0 Å². The Morgan fingerprint density at radius 3 is 2.52 bits per heavy atom. The van der Waals surface area contributed by atoms with Gasteiger partial charge < -0.3 is 4.74 Å². The molecule has 1 heterocycles. The molecule has 1 aliphatic heterocycles. The number of methoxy groups -OCH3 is 1. The van der Waals surface area contributed by atoms with Crippen molar-refractivity contribution in [3.63, 3.8) is 0 Å². The molecule has 5 nitrogen and oxygen atoms in total. The molecule has 0 aromatic heterocycles. The Balaban J connectivity index is 1.75. The van der Waals surface area contributed by atoms with Gasteiger partial charge in [0.15, 0.2) is 0 Å². The van der Waals surface area contributed by atoms with Gasteiger partial charge in [-0.15, -0.1) is 0 Å². The largest absolute Gasteiger partial charge is 0.384 e. The SMILES string of the molecule is COCCS(=O)(=O)NC1CCN(Cc2ccccc2)CC1. The number of piperidine rings is 1. The number of rotatable bonds is 7. The summed E-state index contributed by atoms with van der Waals surface area (Å²) < 4.78 is 31.3. The third-order valence-corrected chi connectivity index (χ3v) is 5.14. The summed E-state index contributed by atoms with van der Waals surface area (Å²) in [5.41, 5.74) is 1.30. The zero-order valence-electron chi connectivity index (χ0n) is 12.5. The van der Waals surface area contributed by atoms with Crippen molar-refractivity contribution in [3.8, 4) is 0 Å². The van der Waals surface area contributed by atoms with E-state index in [1.807, 2.05) is 18.2 Å². The van der Waals surface area contributed by atoms with E-state index in [0.717, 1.165) is 32.5 Å². The van der Waals surface area contributed by atoms with Crippen molar-refractivity contribution >= 4 is 10.0 Å². The minimum Gasteiger partial charge on any atom is -0.384 e. The first kappa shape index (κ1) is 16.4. The van der Waals surface area contributed by atoms with E-state index in [4.69, 9.17) is 4.74 Å². The lowest BCUT2D eigenvalue weighted by Gasteiger charge is -2.32. The summed E-state index contributed by atoms with van der Waals surface area (Å²) in [6.07, 6.45) is 1.72. The van der Waals surface area contributed by atoms with E-state index in [-0.39, 0.29) is 18.4 Å². The molecule has 6 heteroatoms. The fraction of sp³-hybridized carbons (Fsp3) is 0.600. The zero-order chi connectivity index (χ0) is 15.1. The number of nitrogens with one attached hydrogen (secondary N) is 1. The van der Waals surface area contributed by atoms with Gasteiger partial charge in [0.1, 0.15) is 0 Å². The lowest BCUT2D eigenvalue weighted by atomic mass is 10.1. The molecule has 1 fully saturated rings. The molecule has 0 saturated carbocycles. The predicted octanol–water partition coefficient (Wildman–Crippen LogP) is 1.22. The Morgan fingerprint density at radius 1 is 1.24 bits per heavy atom. The number of benzene rings is 1. The van der Waals surface area contributed by atoms with Gasteiger partial charge >= 0.3 is 0 Å². The van der Waals surface area contributed by atoms with Crippen molar-refractivity contribution in [2.75, 3.05) is 32.6 Å². The van der Waals surface area contributed by atoms with Crippen LogP contribution >= 0.6 is 0 Å². The maximum Gasteiger partial charge on any atom is 0.214 e. The smallest absolute Gasteiger partial charge is 0.214 e. The van der Waals surface area contributed by atoms with E-state index in [2.05, 4.69) is 21.8 Å². The molecule has 1 N–H and O–H groups in total. The second-order valence-corrected chi connectivity index (χ2v) is 7.34. The summed E-state index contributed by atoms with van der Waals surface area (Å²) in [4.78, 5) is 2.37. The summed E-state index contributed by atoms with van der Waals surface area (Å²) in [5, 5.41) is 0. The molecule has 118 valence electrons. The number of likely N-dealkylation sites (tertiary alicyclic amines) is 1. The Kier molecular flexibility index (Phi) is 6.17. The second kappa shape index (κ2) is 7.89. The van der Waals surface area contributed by atoms with E-state index in [0.29, 0.717) is 0 Å². The highest BCUT2D eigenvalue weighted by atomic mass is 32.2. The molecule has 21 heavy (non-hydrogen) atoms. The highest BCUT2D eigenvalue weighted by molar-refractivity contribution is 7.89. The van der Waals surface area contributed by atoms with Gasteiger partial charge in [0, 0.05) is 32.8 Å². The average Bonchev–Trinajstić information content (AvgIpc) is 2.48. The summed E-state index contributed by atoms with van der Waals surface area (Å²) in [6.45, 7) is 3.02. The van der Waals surface area contributed by atoms with E-state index in [1.54, 1.807) is 0 Å². The van der Waals surface area contributed by atoms with Crippen molar-refractivity contribution in [2.45, 2.75) is 25.4 Å². The first-order chi connectivity index (χ1) is 10.1. The van der Waals surface area contributed by atoms with E-state index in [1.165, 1.54) is 12.7 Å². The van der Waals surface area contributed by atoms with Crippen molar-refractivity contribution < 1.29 is 13.2 Å². The van der Waals surface area contributed by atoms with Gasteiger partial charge in [0.25, 0.3) is 0 Å². The monoisotopic (exact) mass is 312 g/mol. The Labute approximate surface area is 127 Å². The second-order valence-electron chi connectivity index (χ2n) is 5.47. The molecule has 1 saturated heterocycles. The van der Waals surface area contributed by atoms with Crippen LogP contribution in [0.3, 0.4) is 0 Å². The molecule has 0 unspecified atom stereocenters. The molecule has 1 aliphatic rings. The quantitative estimate of drug-likeness (QED) is 0.822. The van der Waals surface area contributed by atoms with Gasteiger partial charge in [0.05, 0.1) is 12.4 Å². The number of nitrogens with zero attached hydrogens (tertiary/aromatic N) is 1. The topological polar surface area (TPSA) is 58.6 Å². The third kappa shape index (κ3) is 5.74. The molecular weight excluding hydrogens is 288 g/mol. The van der Waals surface area contributed by atoms with Gasteiger partial charge in [-0.3, -0.25) is 4.90 Å². The van der Waals surface area contributed by atoms with Crippen LogP contribution in [-0.2, 0) is 21.3 Å². The lowest BCUT2D eigenvalue weighted by Crippen LogP contribution is -2.45. The normalized spacial score (nSPS) is 18.0. The molecule has 1 aromatic carbocycles. The van der Waals surface area contributed by atoms with Crippen LogP contribution in [0.25, 0.3) is 0 Å². The van der Waals surface area contributed by atoms with Crippen LogP contribution in [0.1, 0.15) is 18.4 Å². The first-order valence-electron chi connectivity index (χ1n) is 7.34. The maximum absolute atomic E-state index is 11.8. The van der Waals surface area contributed by atoms with Crippen LogP contribution < -0.4 is 4.72 Å². The van der Waals surface area contributed by atoms with Gasteiger partial charge in [-0.2, -0.15) is 0 Å². The van der Waals surface area contributed by atoms with Crippen LogP contribution in [0.4, 0.5) is 0 Å². The summed E-state index contributed by atoms with van der Waals surface area (Å²) in [6, 6.07) is 10.4. The zero-order valence-corrected chi connectivity index (χ0v) is 13.3. The van der Waals surface area contributed by atoms with Crippen LogP contribution in [0, 0.1) is 0 Å². The minimum atomic E-state index is -3.21. The number of ether oxygens (including phenoxy) is 1. The minimum absolute atomic E-state index is 0.0354. The van der Waals surface area contributed by atoms with Crippen LogP contribution in [-0.4, -0.2) is 51.9 Å². The van der Waals surface area contributed by atoms with Gasteiger partial charge in [0.2, 0.25) is 10.0 Å². The maximum atomic E-state index is 11.8. The first-order valence-corrected chi connectivity index (χ1v) is 8.99. The summed E-state index contributed by atoms with van der Waals surface area (Å²) in [7, 11) is -1.70.